The van der Waals surface area contributed by atoms with Crippen LogP contribution in [0.4, 0.5) is 0 Å². The fraction of sp³-hybridized carbons (Fsp3) is 0.417. The molecule has 0 N–H and O–H groups in total. The van der Waals surface area contributed by atoms with E-state index in [9.17, 15) is 4.79 Å². The molecule has 82 valence electrons. The molecular weight excluding hydrogens is 256 g/mol. The first kappa shape index (κ1) is 12.2. The van der Waals surface area contributed by atoms with E-state index >= 15 is 0 Å². The summed E-state index contributed by atoms with van der Waals surface area (Å²) in [5.41, 5.74) is 1.20. The SMILES string of the molecule is CCOC(=O)CC[C@H](Br)c1ccccc1. The van der Waals surface area contributed by atoms with Crippen LogP contribution < -0.4 is 0 Å². The van der Waals surface area contributed by atoms with Crippen molar-refractivity contribution in [3.8, 4) is 0 Å². The molecule has 0 bridgehead atoms. The highest BCUT2D eigenvalue weighted by Gasteiger charge is 2.10. The number of rotatable bonds is 5. The van der Waals surface area contributed by atoms with Crippen LogP contribution >= 0.6 is 15.9 Å². The maximum absolute atomic E-state index is 11.1. The van der Waals surface area contributed by atoms with E-state index in [0.29, 0.717) is 13.0 Å². The molecule has 0 fully saturated rings. The van der Waals surface area contributed by atoms with Gasteiger partial charge in [0, 0.05) is 11.2 Å². The Hall–Kier alpha value is -0.830. The molecule has 0 aliphatic carbocycles. The van der Waals surface area contributed by atoms with Gasteiger partial charge in [-0.25, -0.2) is 0 Å². The van der Waals surface area contributed by atoms with Crippen LogP contribution in [-0.4, -0.2) is 12.6 Å². The molecule has 0 spiro atoms. The van der Waals surface area contributed by atoms with Gasteiger partial charge in [0.2, 0.25) is 0 Å². The third kappa shape index (κ3) is 4.47. The molecule has 1 aromatic rings. The van der Waals surface area contributed by atoms with Crippen molar-refractivity contribution in [2.24, 2.45) is 0 Å². The van der Waals surface area contributed by atoms with E-state index in [-0.39, 0.29) is 10.8 Å². The lowest BCUT2D eigenvalue weighted by molar-refractivity contribution is -0.143. The normalized spacial score (nSPS) is 12.1. The van der Waals surface area contributed by atoms with Crippen LogP contribution in [-0.2, 0) is 9.53 Å². The highest BCUT2D eigenvalue weighted by Crippen LogP contribution is 2.27. The van der Waals surface area contributed by atoms with Crippen molar-refractivity contribution in [1.82, 2.24) is 0 Å². The Labute approximate surface area is 98.8 Å². The van der Waals surface area contributed by atoms with Crippen molar-refractivity contribution in [2.45, 2.75) is 24.6 Å². The summed E-state index contributed by atoms with van der Waals surface area (Å²) in [4.78, 5) is 11.4. The largest absolute Gasteiger partial charge is 0.466 e. The molecule has 0 unspecified atom stereocenters. The van der Waals surface area contributed by atoms with E-state index in [4.69, 9.17) is 4.74 Å². The van der Waals surface area contributed by atoms with Crippen LogP contribution in [0.25, 0.3) is 0 Å². The number of halogens is 1. The highest BCUT2D eigenvalue weighted by molar-refractivity contribution is 9.09. The third-order valence-corrected chi connectivity index (χ3v) is 3.05. The van der Waals surface area contributed by atoms with Crippen molar-refractivity contribution in [3.05, 3.63) is 35.9 Å². The fourth-order valence-electron chi connectivity index (χ4n) is 1.31. The predicted octanol–water partition coefficient (Wildman–Crippen LogP) is 3.47. The van der Waals surface area contributed by atoms with Crippen molar-refractivity contribution in [2.75, 3.05) is 6.61 Å². The number of carbonyl (C=O) groups excluding carboxylic acids is 1. The number of benzene rings is 1. The molecule has 0 radical (unpaired) electrons. The van der Waals surface area contributed by atoms with Gasteiger partial charge < -0.3 is 4.74 Å². The monoisotopic (exact) mass is 270 g/mol. The van der Waals surface area contributed by atoms with E-state index in [2.05, 4.69) is 15.9 Å². The van der Waals surface area contributed by atoms with Crippen LogP contribution in [0.1, 0.15) is 30.2 Å². The fourth-order valence-corrected chi connectivity index (χ4v) is 1.84. The molecule has 15 heavy (non-hydrogen) atoms. The molecule has 1 rings (SSSR count). The lowest BCUT2D eigenvalue weighted by Gasteiger charge is -2.09. The summed E-state index contributed by atoms with van der Waals surface area (Å²) < 4.78 is 4.87. The second kappa shape index (κ2) is 6.62. The van der Waals surface area contributed by atoms with Gasteiger partial charge in [-0.05, 0) is 18.9 Å². The minimum atomic E-state index is -0.127. The summed E-state index contributed by atoms with van der Waals surface area (Å²) in [7, 11) is 0. The Balaban J connectivity index is 2.37. The molecular formula is C12H15BrO2. The number of esters is 1. The van der Waals surface area contributed by atoms with Gasteiger partial charge in [-0.15, -0.1) is 0 Å². The predicted molar refractivity (Wildman–Crippen MR) is 64.0 cm³/mol. The van der Waals surface area contributed by atoms with Gasteiger partial charge in [0.1, 0.15) is 0 Å². The number of carbonyl (C=O) groups is 1. The Morgan fingerprint density at radius 3 is 2.67 bits per heavy atom. The van der Waals surface area contributed by atoms with Crippen molar-refractivity contribution >= 4 is 21.9 Å². The molecule has 2 nitrogen and oxygen atoms in total. The molecule has 0 saturated heterocycles. The summed E-state index contributed by atoms with van der Waals surface area (Å²) >= 11 is 3.56. The van der Waals surface area contributed by atoms with E-state index in [1.807, 2.05) is 37.3 Å². The minimum Gasteiger partial charge on any atom is -0.466 e. The topological polar surface area (TPSA) is 26.3 Å². The van der Waals surface area contributed by atoms with Gasteiger partial charge in [0.25, 0.3) is 0 Å². The molecule has 1 aromatic carbocycles. The van der Waals surface area contributed by atoms with Crippen molar-refractivity contribution in [3.63, 3.8) is 0 Å². The average Bonchev–Trinajstić information content (AvgIpc) is 2.27. The number of hydrogen-bond acceptors (Lipinski definition) is 2. The summed E-state index contributed by atoms with van der Waals surface area (Å²) in [6.45, 7) is 2.28. The van der Waals surface area contributed by atoms with Gasteiger partial charge in [0.05, 0.1) is 6.61 Å². The molecule has 0 aromatic heterocycles. The molecule has 3 heteroatoms. The second-order valence-corrected chi connectivity index (χ2v) is 4.33. The summed E-state index contributed by atoms with van der Waals surface area (Å²) in [5, 5.41) is 0. The maximum Gasteiger partial charge on any atom is 0.305 e. The van der Waals surface area contributed by atoms with E-state index in [1.165, 1.54) is 5.56 Å². The first-order valence-electron chi connectivity index (χ1n) is 5.08. The zero-order chi connectivity index (χ0) is 11.1. The van der Waals surface area contributed by atoms with Crippen LogP contribution in [0.15, 0.2) is 30.3 Å². The molecule has 1 atom stereocenters. The minimum absolute atomic E-state index is 0.127. The summed E-state index contributed by atoms with van der Waals surface area (Å²) in [6.07, 6.45) is 1.22. The van der Waals surface area contributed by atoms with Gasteiger partial charge >= 0.3 is 5.97 Å². The van der Waals surface area contributed by atoms with Gasteiger partial charge in [-0.2, -0.15) is 0 Å². The first-order chi connectivity index (χ1) is 7.24. The highest BCUT2D eigenvalue weighted by atomic mass is 79.9. The van der Waals surface area contributed by atoms with Gasteiger partial charge in [0.15, 0.2) is 0 Å². The first-order valence-corrected chi connectivity index (χ1v) is 6.00. The Bertz CT molecular complexity index is 298. The standard InChI is InChI=1S/C12H15BrO2/c1-2-15-12(14)9-8-11(13)10-6-4-3-5-7-10/h3-7,11H,2,8-9H2,1H3/t11-/m0/s1. The molecule has 0 saturated carbocycles. The second-order valence-electron chi connectivity index (χ2n) is 3.22. The number of ether oxygens (including phenoxy) is 1. The Kier molecular flexibility index (Phi) is 5.40. The maximum atomic E-state index is 11.1. The average molecular weight is 271 g/mol. The number of hydrogen-bond donors (Lipinski definition) is 0. The van der Waals surface area contributed by atoms with Crippen molar-refractivity contribution in [1.29, 1.82) is 0 Å². The Morgan fingerprint density at radius 1 is 1.40 bits per heavy atom. The van der Waals surface area contributed by atoms with Crippen LogP contribution in [0, 0.1) is 0 Å². The molecule has 0 aliphatic rings. The van der Waals surface area contributed by atoms with Gasteiger partial charge in [-0.3, -0.25) is 4.79 Å². The third-order valence-electron chi connectivity index (χ3n) is 2.07. The quantitative estimate of drug-likeness (QED) is 0.605. The van der Waals surface area contributed by atoms with E-state index in [0.717, 1.165) is 6.42 Å². The number of alkyl halides is 1. The molecule has 0 amide bonds. The lowest BCUT2D eigenvalue weighted by atomic mass is 10.1. The van der Waals surface area contributed by atoms with Crippen LogP contribution in [0.3, 0.4) is 0 Å². The molecule has 0 heterocycles. The van der Waals surface area contributed by atoms with Crippen molar-refractivity contribution < 1.29 is 9.53 Å². The zero-order valence-corrected chi connectivity index (χ0v) is 10.4. The van der Waals surface area contributed by atoms with E-state index < -0.39 is 0 Å². The summed E-state index contributed by atoms with van der Waals surface area (Å²) in [6, 6.07) is 10.1. The van der Waals surface area contributed by atoms with Gasteiger partial charge in [-0.1, -0.05) is 46.3 Å². The van der Waals surface area contributed by atoms with E-state index in [1.54, 1.807) is 0 Å². The smallest absolute Gasteiger partial charge is 0.305 e. The van der Waals surface area contributed by atoms with Crippen LogP contribution in [0.2, 0.25) is 0 Å². The molecule has 0 aliphatic heterocycles. The zero-order valence-electron chi connectivity index (χ0n) is 8.78. The lowest BCUT2D eigenvalue weighted by Crippen LogP contribution is -2.04. The Morgan fingerprint density at radius 2 is 2.07 bits per heavy atom. The summed E-state index contributed by atoms with van der Waals surface area (Å²) in [5.74, 6) is -0.127. The van der Waals surface area contributed by atoms with Crippen LogP contribution in [0.5, 0.6) is 0 Å².